The summed E-state index contributed by atoms with van der Waals surface area (Å²) in [6.07, 6.45) is -3.26. The Kier molecular flexibility index (Phi) is 3.29. The zero-order chi connectivity index (χ0) is 18.7. The number of anilines is 1. The lowest BCUT2D eigenvalue weighted by Crippen LogP contribution is -2.35. The fraction of sp³-hybridized carbons (Fsp3) is 0.471. The number of hydrogen-bond donors (Lipinski definition) is 0. The number of aromatic nitrogens is 2. The average Bonchev–Trinajstić information content (AvgIpc) is 2.94. The van der Waals surface area contributed by atoms with Crippen molar-refractivity contribution in [2.24, 2.45) is 10.8 Å². The van der Waals surface area contributed by atoms with Crippen LogP contribution in [0.4, 0.5) is 18.9 Å². The van der Waals surface area contributed by atoms with Gasteiger partial charge in [-0.15, -0.1) is 0 Å². The highest BCUT2D eigenvalue weighted by atomic mass is 19.4. The Morgan fingerprint density at radius 3 is 2.81 bits per heavy atom. The van der Waals surface area contributed by atoms with Gasteiger partial charge in [-0.25, -0.2) is 4.52 Å². The molecule has 0 bridgehead atoms. The number of hydrogen-bond acceptors (Lipinski definition) is 5. The summed E-state index contributed by atoms with van der Waals surface area (Å²) >= 11 is 0. The number of halogens is 3. The van der Waals surface area contributed by atoms with Gasteiger partial charge >= 0.3 is 12.1 Å². The first kappa shape index (κ1) is 16.7. The Morgan fingerprint density at radius 2 is 2.15 bits per heavy atom. The Morgan fingerprint density at radius 1 is 1.38 bits per heavy atom. The molecule has 136 valence electrons. The second-order valence-electron chi connectivity index (χ2n) is 6.76. The minimum absolute atomic E-state index is 0.0399. The molecule has 2 unspecified atom stereocenters. The van der Waals surface area contributed by atoms with E-state index >= 15 is 0 Å². The third-order valence-electron chi connectivity index (χ3n) is 5.51. The fourth-order valence-corrected chi connectivity index (χ4v) is 4.18. The van der Waals surface area contributed by atoms with E-state index in [4.69, 9.17) is 10.00 Å². The summed E-state index contributed by atoms with van der Waals surface area (Å²) in [5.74, 6) is -0.794. The van der Waals surface area contributed by atoms with Crippen molar-refractivity contribution in [3.8, 4) is 6.07 Å². The Labute approximate surface area is 146 Å². The summed E-state index contributed by atoms with van der Waals surface area (Å²) < 4.78 is 47.7. The minimum Gasteiger partial charge on any atom is -0.465 e. The quantitative estimate of drug-likeness (QED) is 0.783. The zero-order valence-electron chi connectivity index (χ0n) is 13.9. The fourth-order valence-electron chi connectivity index (χ4n) is 4.18. The predicted molar refractivity (Wildman–Crippen MR) is 84.3 cm³/mol. The second-order valence-corrected chi connectivity index (χ2v) is 6.76. The topological polar surface area (TPSA) is 70.6 Å². The largest absolute Gasteiger partial charge is 0.465 e. The lowest BCUT2D eigenvalue weighted by atomic mass is 9.96. The van der Waals surface area contributed by atoms with Crippen LogP contribution in [0.5, 0.6) is 0 Å². The van der Waals surface area contributed by atoms with E-state index in [-0.39, 0.29) is 31.8 Å². The maximum atomic E-state index is 13.8. The van der Waals surface area contributed by atoms with Crippen LogP contribution in [-0.2, 0) is 9.53 Å². The summed E-state index contributed by atoms with van der Waals surface area (Å²) in [6.45, 7) is 1.23. The molecular formula is C17H15F3N4O2. The molecule has 0 amide bonds. The molecule has 2 aliphatic rings. The van der Waals surface area contributed by atoms with Crippen molar-refractivity contribution >= 4 is 17.2 Å². The average molecular weight is 364 g/mol. The molecule has 9 heteroatoms. The summed E-state index contributed by atoms with van der Waals surface area (Å²) in [5.41, 5.74) is -2.32. The molecule has 1 saturated carbocycles. The van der Waals surface area contributed by atoms with E-state index in [0.717, 1.165) is 0 Å². The smallest absolute Gasteiger partial charge is 0.397 e. The standard InChI is InChI=1S/C17H15F3N4O2/c1-2-26-14(25)15-8-16(15,17(18,19)20)10-23(9-15)12-4-3-11(7-21)24-13(12)5-6-22-24/h3-6H,2,8-10H2,1H3. The van der Waals surface area contributed by atoms with Gasteiger partial charge in [0.25, 0.3) is 0 Å². The molecule has 0 radical (unpaired) electrons. The van der Waals surface area contributed by atoms with Gasteiger partial charge in [-0.2, -0.15) is 23.5 Å². The van der Waals surface area contributed by atoms with Crippen molar-refractivity contribution in [3.63, 3.8) is 0 Å². The van der Waals surface area contributed by atoms with Crippen LogP contribution < -0.4 is 4.90 Å². The van der Waals surface area contributed by atoms with Crippen LogP contribution in [0.3, 0.4) is 0 Å². The molecule has 1 saturated heterocycles. The lowest BCUT2D eigenvalue weighted by molar-refractivity contribution is -0.195. The van der Waals surface area contributed by atoms with E-state index in [0.29, 0.717) is 11.2 Å². The van der Waals surface area contributed by atoms with E-state index in [9.17, 15) is 18.0 Å². The van der Waals surface area contributed by atoms with Crippen LogP contribution in [0.1, 0.15) is 19.0 Å². The molecule has 2 aromatic heterocycles. The Balaban J connectivity index is 1.77. The first-order valence-electron chi connectivity index (χ1n) is 8.15. The summed E-state index contributed by atoms with van der Waals surface area (Å²) in [6, 6.07) is 6.74. The minimum atomic E-state index is -4.50. The first-order chi connectivity index (χ1) is 12.3. The maximum absolute atomic E-state index is 13.8. The monoisotopic (exact) mass is 364 g/mol. The highest BCUT2D eigenvalue weighted by molar-refractivity contribution is 5.86. The van der Waals surface area contributed by atoms with Gasteiger partial charge in [-0.1, -0.05) is 0 Å². The SMILES string of the molecule is CCOC(=O)C12CN(c3ccc(C#N)n4nccc34)CC1(C(F)(F)F)C2. The van der Waals surface area contributed by atoms with Gasteiger partial charge in [0.1, 0.15) is 22.6 Å². The van der Waals surface area contributed by atoms with E-state index in [1.807, 2.05) is 6.07 Å². The lowest BCUT2D eigenvalue weighted by Gasteiger charge is -2.24. The van der Waals surface area contributed by atoms with Crippen LogP contribution in [0.2, 0.25) is 0 Å². The van der Waals surface area contributed by atoms with Gasteiger partial charge in [0.15, 0.2) is 0 Å². The molecule has 0 spiro atoms. The van der Waals surface area contributed by atoms with E-state index in [2.05, 4.69) is 5.10 Å². The molecule has 2 atom stereocenters. The van der Waals surface area contributed by atoms with Gasteiger partial charge in [0.2, 0.25) is 0 Å². The number of ether oxygens (including phenoxy) is 1. The summed E-state index contributed by atoms with van der Waals surface area (Å²) in [7, 11) is 0. The number of carbonyl (C=O) groups is 1. The summed E-state index contributed by atoms with van der Waals surface area (Å²) in [4.78, 5) is 13.9. The molecule has 0 aromatic carbocycles. The predicted octanol–water partition coefficient (Wildman–Crippen LogP) is 2.53. The van der Waals surface area contributed by atoms with E-state index in [1.54, 1.807) is 24.0 Å². The highest BCUT2D eigenvalue weighted by Crippen LogP contribution is 2.75. The molecule has 6 nitrogen and oxygen atoms in total. The molecule has 3 heterocycles. The van der Waals surface area contributed by atoms with Crippen molar-refractivity contribution in [3.05, 3.63) is 30.1 Å². The number of rotatable bonds is 3. The number of fused-ring (bicyclic) bond motifs is 2. The van der Waals surface area contributed by atoms with Gasteiger partial charge in [0, 0.05) is 13.1 Å². The van der Waals surface area contributed by atoms with Crippen LogP contribution >= 0.6 is 0 Å². The second kappa shape index (κ2) is 5.13. The molecule has 2 aromatic rings. The maximum Gasteiger partial charge on any atom is 0.397 e. The number of piperidine rings is 1. The molecular weight excluding hydrogens is 349 g/mol. The number of nitriles is 1. The van der Waals surface area contributed by atoms with Crippen LogP contribution in [0.15, 0.2) is 24.4 Å². The van der Waals surface area contributed by atoms with Crippen LogP contribution in [-0.4, -0.2) is 41.5 Å². The molecule has 26 heavy (non-hydrogen) atoms. The number of alkyl halides is 3. The van der Waals surface area contributed by atoms with Crippen molar-refractivity contribution in [1.29, 1.82) is 5.26 Å². The van der Waals surface area contributed by atoms with Gasteiger partial charge < -0.3 is 9.64 Å². The highest BCUT2D eigenvalue weighted by Gasteiger charge is 2.87. The normalized spacial score (nSPS) is 27.3. The van der Waals surface area contributed by atoms with Crippen LogP contribution in [0.25, 0.3) is 5.52 Å². The van der Waals surface area contributed by atoms with Crippen LogP contribution in [0, 0.1) is 22.2 Å². The third-order valence-corrected chi connectivity index (χ3v) is 5.51. The Bertz CT molecular complexity index is 948. The van der Waals surface area contributed by atoms with Crippen molar-refractivity contribution in [2.75, 3.05) is 24.6 Å². The molecule has 2 fully saturated rings. The van der Waals surface area contributed by atoms with E-state index < -0.39 is 23.0 Å². The number of carbonyl (C=O) groups excluding carboxylic acids is 1. The molecule has 4 rings (SSSR count). The third kappa shape index (κ3) is 1.92. The van der Waals surface area contributed by atoms with E-state index in [1.165, 1.54) is 16.8 Å². The number of pyridine rings is 1. The zero-order valence-corrected chi connectivity index (χ0v) is 13.9. The Hall–Kier alpha value is -2.76. The van der Waals surface area contributed by atoms with Gasteiger partial charge in [-0.3, -0.25) is 4.79 Å². The molecule has 0 N–H and O–H groups in total. The molecule has 1 aliphatic carbocycles. The van der Waals surface area contributed by atoms with Gasteiger partial charge in [0.05, 0.1) is 24.0 Å². The number of nitrogens with zero attached hydrogens (tertiary/aromatic N) is 4. The molecule has 1 aliphatic heterocycles. The number of esters is 1. The van der Waals surface area contributed by atoms with Crippen molar-refractivity contribution in [1.82, 2.24) is 9.61 Å². The van der Waals surface area contributed by atoms with Crippen molar-refractivity contribution < 1.29 is 22.7 Å². The van der Waals surface area contributed by atoms with Gasteiger partial charge in [-0.05, 0) is 31.5 Å². The first-order valence-corrected chi connectivity index (χ1v) is 8.15. The summed E-state index contributed by atoms with van der Waals surface area (Å²) in [5, 5.41) is 13.2. The van der Waals surface area contributed by atoms with Crippen molar-refractivity contribution in [2.45, 2.75) is 19.5 Å².